The largest absolute Gasteiger partial charge is 0.349 e. The van der Waals surface area contributed by atoms with Crippen molar-refractivity contribution in [1.29, 1.82) is 0 Å². The number of nitrogens with one attached hydrogen (secondary N) is 2. The Morgan fingerprint density at radius 3 is 2.97 bits per heavy atom. The Bertz CT molecular complexity index is 1300. The number of amides is 4. The number of hydrogen-bond acceptors (Lipinski definition) is 7. The quantitative estimate of drug-likeness (QED) is 0.464. The van der Waals surface area contributed by atoms with Gasteiger partial charge in [0.15, 0.2) is 5.69 Å². The molecule has 2 unspecified atom stereocenters. The Morgan fingerprint density at radius 1 is 1.22 bits per heavy atom. The van der Waals surface area contributed by atoms with Crippen LogP contribution in [0.25, 0.3) is 5.69 Å². The van der Waals surface area contributed by atoms with Crippen LogP contribution in [0.5, 0.6) is 0 Å². The number of nitrogens with zero attached hydrogens (tertiary/aromatic N) is 5. The van der Waals surface area contributed by atoms with Gasteiger partial charge < -0.3 is 10.2 Å². The molecular weight excluding hydrogens is 462 g/mol. The van der Waals surface area contributed by atoms with E-state index in [2.05, 4.69) is 38.0 Å². The van der Waals surface area contributed by atoms with Crippen LogP contribution in [0.4, 0.5) is 0 Å². The molecule has 6 rings (SSSR count). The summed E-state index contributed by atoms with van der Waals surface area (Å²) in [7, 11) is 0. The second kappa shape index (κ2) is 8.66. The maximum atomic E-state index is 13.1. The van der Waals surface area contributed by atoms with E-state index in [1.165, 1.54) is 9.58 Å². The van der Waals surface area contributed by atoms with Crippen LogP contribution in [-0.2, 0) is 16.1 Å². The molecule has 1 aromatic heterocycles. The van der Waals surface area contributed by atoms with Crippen LogP contribution >= 0.6 is 0 Å². The number of fused-ring (bicyclic) bond motifs is 2. The fraction of sp³-hybridized carbons (Fsp3) is 0.440. The molecule has 4 amide bonds. The Morgan fingerprint density at radius 2 is 2.11 bits per heavy atom. The Balaban J connectivity index is 1.15. The molecule has 11 nitrogen and oxygen atoms in total. The van der Waals surface area contributed by atoms with Crippen molar-refractivity contribution in [3.8, 4) is 5.69 Å². The van der Waals surface area contributed by atoms with E-state index < -0.39 is 11.9 Å². The van der Waals surface area contributed by atoms with Crippen molar-refractivity contribution < 1.29 is 19.2 Å². The van der Waals surface area contributed by atoms with Gasteiger partial charge in [-0.3, -0.25) is 29.4 Å². The van der Waals surface area contributed by atoms with Gasteiger partial charge in [0.2, 0.25) is 11.8 Å². The lowest BCUT2D eigenvalue weighted by Gasteiger charge is -2.40. The highest BCUT2D eigenvalue weighted by Crippen LogP contribution is 2.34. The van der Waals surface area contributed by atoms with Gasteiger partial charge >= 0.3 is 0 Å². The summed E-state index contributed by atoms with van der Waals surface area (Å²) in [5, 5.41) is 13.5. The molecule has 0 aliphatic carbocycles. The summed E-state index contributed by atoms with van der Waals surface area (Å²) < 4.78 is 1.47. The highest BCUT2D eigenvalue weighted by Gasteiger charge is 2.41. The van der Waals surface area contributed by atoms with Gasteiger partial charge in [-0.1, -0.05) is 23.4 Å². The number of carbonyl (C=O) groups is 4. The molecule has 2 fully saturated rings. The van der Waals surface area contributed by atoms with Gasteiger partial charge in [-0.25, -0.2) is 4.68 Å². The first-order valence-corrected chi connectivity index (χ1v) is 12.3. The van der Waals surface area contributed by atoms with Crippen molar-refractivity contribution in [2.75, 3.05) is 19.6 Å². The van der Waals surface area contributed by atoms with Gasteiger partial charge in [-0.15, -0.1) is 5.10 Å². The van der Waals surface area contributed by atoms with E-state index >= 15 is 0 Å². The predicted molar refractivity (Wildman–Crippen MR) is 127 cm³/mol. The lowest BCUT2D eigenvalue weighted by atomic mass is 9.89. The Hall–Kier alpha value is -3.86. The van der Waals surface area contributed by atoms with Crippen molar-refractivity contribution in [3.63, 3.8) is 0 Å². The van der Waals surface area contributed by atoms with Crippen LogP contribution in [0, 0.1) is 0 Å². The first-order valence-electron chi connectivity index (χ1n) is 12.3. The number of rotatable bonds is 5. The van der Waals surface area contributed by atoms with Gasteiger partial charge in [0.05, 0.1) is 11.9 Å². The van der Waals surface area contributed by atoms with E-state index in [0.29, 0.717) is 30.8 Å². The highest BCUT2D eigenvalue weighted by molar-refractivity contribution is 6.05. The predicted octanol–water partition coefficient (Wildman–Crippen LogP) is 0.553. The van der Waals surface area contributed by atoms with Crippen molar-refractivity contribution in [2.45, 2.75) is 50.2 Å². The molecule has 0 radical (unpaired) electrons. The van der Waals surface area contributed by atoms with Crippen LogP contribution in [0.3, 0.4) is 0 Å². The molecule has 2 saturated heterocycles. The van der Waals surface area contributed by atoms with E-state index in [9.17, 15) is 19.2 Å². The fourth-order valence-corrected chi connectivity index (χ4v) is 5.80. The molecule has 4 aliphatic heterocycles. The SMILES string of the molecule is O=C1CCC(N2Cc3ccc(-n4cc(C(=O)NCC56CC=CCN5CCC6)nn4)cc3C2=O)C(=O)N1. The van der Waals surface area contributed by atoms with E-state index in [1.54, 1.807) is 18.3 Å². The molecule has 36 heavy (non-hydrogen) atoms. The molecule has 0 spiro atoms. The normalized spacial score (nSPS) is 25.6. The molecule has 2 aromatic rings. The number of benzene rings is 1. The zero-order valence-electron chi connectivity index (χ0n) is 19.8. The summed E-state index contributed by atoms with van der Waals surface area (Å²) in [5.74, 6) is -1.30. The number of piperidine rings is 1. The molecule has 5 heterocycles. The maximum Gasteiger partial charge on any atom is 0.273 e. The third kappa shape index (κ3) is 3.79. The van der Waals surface area contributed by atoms with Gasteiger partial charge in [0.1, 0.15) is 6.04 Å². The minimum absolute atomic E-state index is 0.0187. The van der Waals surface area contributed by atoms with Crippen molar-refractivity contribution >= 4 is 23.6 Å². The van der Waals surface area contributed by atoms with Gasteiger partial charge in [-0.2, -0.15) is 0 Å². The molecule has 0 saturated carbocycles. The van der Waals surface area contributed by atoms with Crippen molar-refractivity contribution in [1.82, 2.24) is 35.4 Å². The zero-order valence-corrected chi connectivity index (χ0v) is 19.8. The lowest BCUT2D eigenvalue weighted by molar-refractivity contribution is -0.136. The molecule has 2 N–H and O–H groups in total. The summed E-state index contributed by atoms with van der Waals surface area (Å²) in [5.41, 5.74) is 2.06. The molecule has 11 heteroatoms. The second-order valence-electron chi connectivity index (χ2n) is 9.92. The fourth-order valence-electron chi connectivity index (χ4n) is 5.80. The number of carbonyl (C=O) groups excluding carboxylic acids is 4. The van der Waals surface area contributed by atoms with Gasteiger partial charge in [0.25, 0.3) is 11.8 Å². The van der Waals surface area contributed by atoms with E-state index in [4.69, 9.17) is 0 Å². The number of hydrogen-bond donors (Lipinski definition) is 2. The van der Waals surface area contributed by atoms with Gasteiger partial charge in [-0.05, 0) is 49.9 Å². The van der Waals surface area contributed by atoms with Crippen LogP contribution in [-0.4, -0.2) is 79.6 Å². The zero-order chi connectivity index (χ0) is 24.9. The van der Waals surface area contributed by atoms with E-state index in [-0.39, 0.29) is 35.4 Å². The second-order valence-corrected chi connectivity index (χ2v) is 9.92. The van der Waals surface area contributed by atoms with Gasteiger partial charge in [0, 0.05) is 37.2 Å². The summed E-state index contributed by atoms with van der Waals surface area (Å²) in [6.07, 6.45) is 9.58. The molecular formula is C25H27N7O4. The lowest BCUT2D eigenvalue weighted by Crippen LogP contribution is -2.53. The molecule has 186 valence electrons. The molecule has 2 atom stereocenters. The minimum Gasteiger partial charge on any atom is -0.349 e. The number of aromatic nitrogens is 3. The minimum atomic E-state index is -0.664. The monoisotopic (exact) mass is 489 g/mol. The first kappa shape index (κ1) is 22.6. The summed E-state index contributed by atoms with van der Waals surface area (Å²) in [4.78, 5) is 53.6. The smallest absolute Gasteiger partial charge is 0.273 e. The van der Waals surface area contributed by atoms with Crippen LogP contribution < -0.4 is 10.6 Å². The van der Waals surface area contributed by atoms with Crippen LogP contribution in [0.1, 0.15) is 58.5 Å². The first-order chi connectivity index (χ1) is 17.4. The van der Waals surface area contributed by atoms with E-state index in [0.717, 1.165) is 37.9 Å². The summed E-state index contributed by atoms with van der Waals surface area (Å²) in [6.45, 7) is 2.84. The van der Waals surface area contributed by atoms with Crippen LogP contribution in [0.2, 0.25) is 0 Å². The number of imide groups is 1. The Labute approximate surface area is 207 Å². The third-order valence-corrected chi connectivity index (χ3v) is 7.81. The Kier molecular flexibility index (Phi) is 5.44. The van der Waals surface area contributed by atoms with E-state index in [1.807, 2.05) is 6.07 Å². The molecule has 1 aromatic carbocycles. The topological polar surface area (TPSA) is 130 Å². The third-order valence-electron chi connectivity index (χ3n) is 7.81. The average Bonchev–Trinajstić information content (AvgIpc) is 3.60. The average molecular weight is 490 g/mol. The standard InChI is InChI=1S/C25H27N7O4/c33-21-7-6-20(23(35)27-21)31-13-16-4-5-17(12-18(16)24(31)36)32-14-19(28-29-32)22(34)26-15-25-8-1-2-10-30(25)11-3-9-25/h1-2,4-5,12,14,20H,3,6-11,13,15H2,(H,26,34)(H,27,33,35). The molecule has 0 bridgehead atoms. The van der Waals surface area contributed by atoms with Crippen molar-refractivity contribution in [3.05, 3.63) is 53.4 Å². The highest BCUT2D eigenvalue weighted by atomic mass is 16.2. The maximum absolute atomic E-state index is 13.1. The summed E-state index contributed by atoms with van der Waals surface area (Å²) in [6, 6.07) is 4.66. The van der Waals surface area contributed by atoms with Crippen LogP contribution in [0.15, 0.2) is 36.5 Å². The van der Waals surface area contributed by atoms with Crippen molar-refractivity contribution in [2.24, 2.45) is 0 Å². The molecule has 4 aliphatic rings. The summed E-state index contributed by atoms with van der Waals surface area (Å²) >= 11 is 0.